The highest BCUT2D eigenvalue weighted by atomic mass is 35.5. The van der Waals surface area contributed by atoms with Crippen LogP contribution in [0.15, 0.2) is 59.5 Å². The molecular weight excluding hydrogens is 509 g/mol. The number of fused-ring (bicyclic) bond motifs is 1. The largest absolute Gasteiger partial charge is 0.378 e. The van der Waals surface area contributed by atoms with Crippen molar-refractivity contribution < 1.29 is 13.2 Å². The Kier molecular flexibility index (Phi) is 7.05. The summed E-state index contributed by atoms with van der Waals surface area (Å²) in [6.45, 7) is 1.91. The molecule has 0 spiro atoms. The fraction of sp³-hybridized carbons (Fsp3) is 0.167. The van der Waals surface area contributed by atoms with E-state index in [2.05, 4.69) is 20.0 Å². The predicted octanol–water partition coefficient (Wildman–Crippen LogP) is 5.15. The Bertz CT molecular complexity index is 1530. The van der Waals surface area contributed by atoms with Crippen LogP contribution in [-0.2, 0) is 10.0 Å². The molecule has 3 aromatic carbocycles. The Labute approximate surface area is 213 Å². The van der Waals surface area contributed by atoms with E-state index in [1.807, 2.05) is 37.2 Å². The second kappa shape index (κ2) is 9.87. The molecule has 0 bridgehead atoms. The van der Waals surface area contributed by atoms with Crippen LogP contribution in [0.25, 0.3) is 22.4 Å². The van der Waals surface area contributed by atoms with Crippen LogP contribution in [0.3, 0.4) is 0 Å². The average molecular weight is 532 g/mol. The Morgan fingerprint density at radius 3 is 2.49 bits per heavy atom. The lowest BCUT2D eigenvalue weighted by Crippen LogP contribution is -2.23. The quantitative estimate of drug-likeness (QED) is 0.305. The van der Waals surface area contributed by atoms with Gasteiger partial charge in [0.05, 0.1) is 31.5 Å². The normalized spacial score (nSPS) is 11.6. The van der Waals surface area contributed by atoms with Gasteiger partial charge in [-0.2, -0.15) is 0 Å². The average Bonchev–Trinajstić information content (AvgIpc) is 3.23. The number of nitrogens with one attached hydrogen (secondary N) is 3. The molecule has 4 rings (SSSR count). The van der Waals surface area contributed by atoms with Gasteiger partial charge in [-0.3, -0.25) is 4.79 Å². The minimum Gasteiger partial charge on any atom is -0.378 e. The van der Waals surface area contributed by atoms with Crippen molar-refractivity contribution in [3.05, 3.63) is 70.2 Å². The molecule has 182 valence electrons. The molecule has 1 aromatic heterocycles. The molecule has 35 heavy (non-hydrogen) atoms. The molecule has 0 saturated carbocycles. The number of imidazole rings is 1. The number of hydrogen-bond acceptors (Lipinski definition) is 5. The fourth-order valence-corrected chi connectivity index (χ4v) is 5.11. The van der Waals surface area contributed by atoms with Crippen LogP contribution in [0, 0.1) is 0 Å². The zero-order valence-corrected chi connectivity index (χ0v) is 21.5. The first-order chi connectivity index (χ1) is 16.6. The molecule has 0 aliphatic carbocycles. The topological polar surface area (TPSA) is 107 Å². The number of nitrogens with zero attached hydrogens (tertiary/aromatic N) is 2. The molecular formula is C24H23Cl2N5O3S. The monoisotopic (exact) mass is 531 g/mol. The highest BCUT2D eigenvalue weighted by molar-refractivity contribution is 7.89. The van der Waals surface area contributed by atoms with E-state index in [1.165, 1.54) is 18.2 Å². The standard InChI is InChI=1S/C24H23Cl2N5O3S/c1-4-27-35(33,34)16-7-8-17(20(26)13-16)24(32)28-14-5-9-19(25)18(11-14)23-29-21-10-6-15(31(2)3)12-22(21)30-23/h5-13,27H,4H2,1-3H3,(H,28,32)(H,29,30). The van der Waals surface area contributed by atoms with Crippen molar-refractivity contribution in [3.8, 4) is 11.4 Å². The second-order valence-corrected chi connectivity index (χ2v) is 10.6. The van der Waals surface area contributed by atoms with Crippen LogP contribution in [-0.4, -0.2) is 44.9 Å². The van der Waals surface area contributed by atoms with Crippen LogP contribution in [0.2, 0.25) is 10.0 Å². The fourth-order valence-electron chi connectivity index (χ4n) is 3.50. The zero-order chi connectivity index (χ0) is 25.3. The molecule has 0 aliphatic rings. The Morgan fingerprint density at radius 2 is 1.80 bits per heavy atom. The summed E-state index contributed by atoms with van der Waals surface area (Å²) in [6, 6.07) is 14.9. The van der Waals surface area contributed by atoms with Gasteiger partial charge in [0.15, 0.2) is 0 Å². The van der Waals surface area contributed by atoms with Crippen molar-refractivity contribution in [2.24, 2.45) is 0 Å². The maximum Gasteiger partial charge on any atom is 0.257 e. The maximum atomic E-state index is 12.9. The summed E-state index contributed by atoms with van der Waals surface area (Å²) in [6.07, 6.45) is 0. The minimum atomic E-state index is -3.69. The number of carbonyl (C=O) groups excluding carboxylic acids is 1. The number of H-pyrrole nitrogens is 1. The zero-order valence-electron chi connectivity index (χ0n) is 19.2. The molecule has 0 unspecified atom stereocenters. The van der Waals surface area contributed by atoms with Gasteiger partial charge in [-0.05, 0) is 54.6 Å². The smallest absolute Gasteiger partial charge is 0.257 e. The highest BCUT2D eigenvalue weighted by Crippen LogP contribution is 2.31. The van der Waals surface area contributed by atoms with Crippen LogP contribution < -0.4 is 14.9 Å². The number of rotatable bonds is 7. The first-order valence-corrected chi connectivity index (χ1v) is 12.9. The molecule has 4 aromatic rings. The van der Waals surface area contributed by atoms with E-state index in [4.69, 9.17) is 23.2 Å². The van der Waals surface area contributed by atoms with Crippen LogP contribution >= 0.6 is 23.2 Å². The van der Waals surface area contributed by atoms with Crippen molar-refractivity contribution in [3.63, 3.8) is 0 Å². The Morgan fingerprint density at radius 1 is 1.03 bits per heavy atom. The van der Waals surface area contributed by atoms with Gasteiger partial charge in [0, 0.05) is 37.6 Å². The lowest BCUT2D eigenvalue weighted by molar-refractivity contribution is 0.102. The number of anilines is 2. The van der Waals surface area contributed by atoms with E-state index in [0.29, 0.717) is 22.1 Å². The number of benzene rings is 3. The third kappa shape index (κ3) is 5.28. The summed E-state index contributed by atoms with van der Waals surface area (Å²) in [5.41, 5.74) is 3.89. The van der Waals surface area contributed by atoms with Gasteiger partial charge in [0.1, 0.15) is 5.82 Å². The van der Waals surface area contributed by atoms with E-state index in [1.54, 1.807) is 25.1 Å². The van der Waals surface area contributed by atoms with E-state index in [9.17, 15) is 13.2 Å². The van der Waals surface area contributed by atoms with Gasteiger partial charge in [-0.1, -0.05) is 30.1 Å². The van der Waals surface area contributed by atoms with E-state index >= 15 is 0 Å². The molecule has 0 radical (unpaired) electrons. The number of hydrogen-bond donors (Lipinski definition) is 3. The predicted molar refractivity (Wildman–Crippen MR) is 141 cm³/mol. The molecule has 1 amide bonds. The molecule has 0 saturated heterocycles. The number of amides is 1. The van der Waals surface area contributed by atoms with Gasteiger partial charge in [0.2, 0.25) is 10.0 Å². The number of aromatic amines is 1. The lowest BCUT2D eigenvalue weighted by Gasteiger charge is -2.11. The SMILES string of the molecule is CCNS(=O)(=O)c1ccc(C(=O)Nc2ccc(Cl)c(-c3nc4cc(N(C)C)ccc4[nH]3)c2)c(Cl)c1. The van der Waals surface area contributed by atoms with Crippen LogP contribution in [0.1, 0.15) is 17.3 Å². The third-order valence-corrected chi connectivity index (χ3v) is 7.48. The molecule has 1 heterocycles. The number of sulfonamides is 1. The minimum absolute atomic E-state index is 0.0167. The summed E-state index contributed by atoms with van der Waals surface area (Å²) < 4.78 is 26.8. The number of carbonyl (C=O) groups is 1. The van der Waals surface area contributed by atoms with Crippen LogP contribution in [0.5, 0.6) is 0 Å². The lowest BCUT2D eigenvalue weighted by atomic mass is 10.1. The first-order valence-electron chi connectivity index (χ1n) is 10.7. The van der Waals surface area contributed by atoms with E-state index in [0.717, 1.165) is 16.7 Å². The van der Waals surface area contributed by atoms with Gasteiger partial charge < -0.3 is 15.2 Å². The van der Waals surface area contributed by atoms with Crippen LogP contribution in [0.4, 0.5) is 11.4 Å². The molecule has 0 fully saturated rings. The molecule has 3 N–H and O–H groups in total. The highest BCUT2D eigenvalue weighted by Gasteiger charge is 2.18. The summed E-state index contributed by atoms with van der Waals surface area (Å²) in [5.74, 6) is 0.0731. The second-order valence-electron chi connectivity index (χ2n) is 7.97. The van der Waals surface area contributed by atoms with Gasteiger partial charge in [0.25, 0.3) is 5.91 Å². The Balaban J connectivity index is 1.61. The number of halogens is 2. The van der Waals surface area contributed by atoms with E-state index in [-0.39, 0.29) is 22.0 Å². The molecule has 11 heteroatoms. The summed E-state index contributed by atoms with van der Waals surface area (Å²) in [5, 5.41) is 3.26. The number of aromatic nitrogens is 2. The summed E-state index contributed by atoms with van der Waals surface area (Å²) in [4.78, 5) is 22.8. The van der Waals surface area contributed by atoms with Gasteiger partial charge in [-0.15, -0.1) is 0 Å². The van der Waals surface area contributed by atoms with Crippen molar-refractivity contribution in [1.82, 2.24) is 14.7 Å². The summed E-state index contributed by atoms with van der Waals surface area (Å²) >= 11 is 12.7. The Hall–Kier alpha value is -3.11. The molecule has 0 aliphatic heterocycles. The van der Waals surface area contributed by atoms with Crippen molar-refractivity contribution >= 4 is 61.5 Å². The van der Waals surface area contributed by atoms with Gasteiger partial charge in [-0.25, -0.2) is 18.1 Å². The van der Waals surface area contributed by atoms with Crippen molar-refractivity contribution in [2.45, 2.75) is 11.8 Å². The molecule has 0 atom stereocenters. The third-order valence-electron chi connectivity index (χ3n) is 5.29. The van der Waals surface area contributed by atoms with E-state index < -0.39 is 15.9 Å². The molecule has 8 nitrogen and oxygen atoms in total. The first kappa shape index (κ1) is 25.0. The van der Waals surface area contributed by atoms with Crippen molar-refractivity contribution in [1.29, 1.82) is 0 Å². The van der Waals surface area contributed by atoms with Gasteiger partial charge >= 0.3 is 0 Å². The summed E-state index contributed by atoms with van der Waals surface area (Å²) in [7, 11) is 0.226. The maximum absolute atomic E-state index is 12.9. The van der Waals surface area contributed by atoms with Crippen molar-refractivity contribution in [2.75, 3.05) is 30.9 Å².